The number of nitrogens with one attached hydrogen (secondary N) is 2. The van der Waals surface area contributed by atoms with Gasteiger partial charge in [0.1, 0.15) is 0 Å². The Morgan fingerprint density at radius 1 is 1.40 bits per heavy atom. The van der Waals surface area contributed by atoms with Crippen LogP contribution in [0, 0.1) is 0 Å². The van der Waals surface area contributed by atoms with Gasteiger partial charge in [-0.1, -0.05) is 0 Å². The van der Waals surface area contributed by atoms with Crippen molar-refractivity contribution < 1.29 is 14.7 Å². The largest absolute Gasteiger partial charge is 0.389 e. The van der Waals surface area contributed by atoms with E-state index in [1.807, 2.05) is 0 Å². The van der Waals surface area contributed by atoms with E-state index in [0.717, 1.165) is 0 Å². The summed E-state index contributed by atoms with van der Waals surface area (Å²) in [4.78, 5) is 23.6. The van der Waals surface area contributed by atoms with Crippen molar-refractivity contribution in [2.24, 2.45) is 0 Å². The number of carbonyl (C=O) groups excluding carboxylic acids is 2. The second-order valence-electron chi connectivity index (χ2n) is 4.11. The number of carbonyl (C=O) groups is 2. The third-order valence-electron chi connectivity index (χ3n) is 1.55. The molecule has 0 saturated carbocycles. The van der Waals surface area contributed by atoms with Gasteiger partial charge in [0.25, 0.3) is 0 Å². The van der Waals surface area contributed by atoms with Crippen LogP contribution in [0.1, 0.15) is 13.8 Å². The molecule has 0 aliphatic carbocycles. The fourth-order valence-corrected chi connectivity index (χ4v) is 1.19. The number of amides is 3. The van der Waals surface area contributed by atoms with Gasteiger partial charge < -0.3 is 10.4 Å². The summed E-state index contributed by atoms with van der Waals surface area (Å²) in [6.07, 6.45) is 0. The Labute approximate surface area is 89.6 Å². The minimum atomic E-state index is -0.859. The lowest BCUT2D eigenvalue weighted by Crippen LogP contribution is -2.45. The maximum absolute atomic E-state index is 11.2. The quantitative estimate of drug-likeness (QED) is 0.572. The SMILES string of the molecule is CNC(=O)NC(=O)CN(C)CC(C)(C)O. The standard InChI is InChI=1S/C9H19N3O3/c1-9(2,15)6-12(4)5-7(13)11-8(14)10-3/h15H,5-6H2,1-4H3,(H2,10,11,13,14). The number of aliphatic hydroxyl groups is 1. The number of urea groups is 1. The fraction of sp³-hybridized carbons (Fsp3) is 0.778. The van der Waals surface area contributed by atoms with Crippen molar-refractivity contribution >= 4 is 11.9 Å². The highest BCUT2D eigenvalue weighted by atomic mass is 16.3. The van der Waals surface area contributed by atoms with Crippen molar-refractivity contribution in [1.82, 2.24) is 15.5 Å². The number of imide groups is 1. The molecule has 88 valence electrons. The Morgan fingerprint density at radius 3 is 2.33 bits per heavy atom. The van der Waals surface area contributed by atoms with Crippen LogP contribution in [0.5, 0.6) is 0 Å². The number of nitrogens with zero attached hydrogens (tertiary/aromatic N) is 1. The average molecular weight is 217 g/mol. The van der Waals surface area contributed by atoms with Crippen molar-refractivity contribution in [2.75, 3.05) is 27.2 Å². The first-order chi connectivity index (χ1) is 6.74. The molecule has 0 aromatic rings. The zero-order valence-electron chi connectivity index (χ0n) is 9.63. The van der Waals surface area contributed by atoms with Gasteiger partial charge in [-0.25, -0.2) is 4.79 Å². The molecule has 6 nitrogen and oxygen atoms in total. The highest BCUT2D eigenvalue weighted by molar-refractivity contribution is 5.95. The molecule has 0 radical (unpaired) electrons. The summed E-state index contributed by atoms with van der Waals surface area (Å²) < 4.78 is 0. The van der Waals surface area contributed by atoms with Crippen molar-refractivity contribution in [3.8, 4) is 0 Å². The third-order valence-corrected chi connectivity index (χ3v) is 1.55. The number of hydrogen-bond donors (Lipinski definition) is 3. The van der Waals surface area contributed by atoms with E-state index in [2.05, 4.69) is 10.6 Å². The highest BCUT2D eigenvalue weighted by Crippen LogP contribution is 2.02. The summed E-state index contributed by atoms with van der Waals surface area (Å²) in [5.74, 6) is -0.402. The molecule has 15 heavy (non-hydrogen) atoms. The predicted octanol–water partition coefficient (Wildman–Crippen LogP) is -0.855. The first-order valence-electron chi connectivity index (χ1n) is 4.67. The molecule has 0 aliphatic rings. The Balaban J connectivity index is 3.92. The van der Waals surface area contributed by atoms with Gasteiger partial charge in [0.05, 0.1) is 12.1 Å². The van der Waals surface area contributed by atoms with E-state index >= 15 is 0 Å². The van der Waals surface area contributed by atoms with Crippen LogP contribution >= 0.6 is 0 Å². The second-order valence-corrected chi connectivity index (χ2v) is 4.11. The third kappa shape index (κ3) is 7.90. The summed E-state index contributed by atoms with van der Waals surface area (Å²) in [7, 11) is 3.13. The Bertz CT molecular complexity index is 235. The zero-order chi connectivity index (χ0) is 12.1. The van der Waals surface area contributed by atoms with Crippen molar-refractivity contribution in [3.05, 3.63) is 0 Å². The van der Waals surface area contributed by atoms with E-state index in [1.54, 1.807) is 25.8 Å². The molecular formula is C9H19N3O3. The maximum atomic E-state index is 11.2. The van der Waals surface area contributed by atoms with Crippen LogP contribution < -0.4 is 10.6 Å². The summed E-state index contributed by atoms with van der Waals surface area (Å²) in [6.45, 7) is 3.73. The molecule has 3 amide bonds. The van der Waals surface area contributed by atoms with Crippen LogP contribution in [0.2, 0.25) is 0 Å². The predicted molar refractivity (Wildman–Crippen MR) is 56.4 cm³/mol. The van der Waals surface area contributed by atoms with Crippen LogP contribution in [-0.4, -0.2) is 54.7 Å². The molecule has 0 heterocycles. The fourth-order valence-electron chi connectivity index (χ4n) is 1.19. The number of likely N-dealkylation sites (N-methyl/N-ethyl adjacent to an activating group) is 1. The first kappa shape index (κ1) is 13.9. The maximum Gasteiger partial charge on any atom is 0.321 e. The molecule has 0 saturated heterocycles. The lowest BCUT2D eigenvalue weighted by molar-refractivity contribution is -0.121. The summed E-state index contributed by atoms with van der Waals surface area (Å²) in [5.41, 5.74) is -0.859. The molecule has 0 unspecified atom stereocenters. The second kappa shape index (κ2) is 5.67. The van der Waals surface area contributed by atoms with Crippen LogP contribution in [0.3, 0.4) is 0 Å². The van der Waals surface area contributed by atoms with E-state index in [9.17, 15) is 14.7 Å². The van der Waals surface area contributed by atoms with Gasteiger partial charge in [-0.05, 0) is 20.9 Å². The Kier molecular flexibility index (Phi) is 5.24. The lowest BCUT2D eigenvalue weighted by atomic mass is 10.1. The van der Waals surface area contributed by atoms with Gasteiger partial charge in [0.15, 0.2) is 0 Å². The van der Waals surface area contributed by atoms with Gasteiger partial charge in [0.2, 0.25) is 5.91 Å². The van der Waals surface area contributed by atoms with Crippen LogP contribution in [-0.2, 0) is 4.79 Å². The molecule has 0 atom stereocenters. The molecule has 0 aromatic carbocycles. The highest BCUT2D eigenvalue weighted by Gasteiger charge is 2.17. The topological polar surface area (TPSA) is 81.7 Å². The van der Waals surface area contributed by atoms with E-state index in [1.165, 1.54) is 7.05 Å². The van der Waals surface area contributed by atoms with E-state index < -0.39 is 17.5 Å². The normalized spacial score (nSPS) is 11.3. The molecule has 0 aromatic heterocycles. The molecule has 0 aliphatic heterocycles. The minimum absolute atomic E-state index is 0.0669. The monoisotopic (exact) mass is 217 g/mol. The number of rotatable bonds is 4. The van der Waals surface area contributed by atoms with Gasteiger partial charge in [-0.15, -0.1) is 0 Å². The molecule has 6 heteroatoms. The molecular weight excluding hydrogens is 198 g/mol. The van der Waals surface area contributed by atoms with E-state index in [4.69, 9.17) is 0 Å². The molecule has 0 fully saturated rings. The van der Waals surface area contributed by atoms with Gasteiger partial charge in [-0.2, -0.15) is 0 Å². The molecule has 0 spiro atoms. The van der Waals surface area contributed by atoms with Crippen LogP contribution in [0.4, 0.5) is 4.79 Å². The van der Waals surface area contributed by atoms with E-state index in [-0.39, 0.29) is 6.54 Å². The minimum Gasteiger partial charge on any atom is -0.389 e. The lowest BCUT2D eigenvalue weighted by Gasteiger charge is -2.24. The summed E-state index contributed by atoms with van der Waals surface area (Å²) in [6, 6.07) is -0.531. The smallest absolute Gasteiger partial charge is 0.321 e. The Hall–Kier alpha value is -1.14. The molecule has 3 N–H and O–H groups in total. The van der Waals surface area contributed by atoms with Gasteiger partial charge in [0, 0.05) is 13.6 Å². The molecule has 0 bridgehead atoms. The van der Waals surface area contributed by atoms with Crippen molar-refractivity contribution in [3.63, 3.8) is 0 Å². The molecule has 0 rings (SSSR count). The van der Waals surface area contributed by atoms with Crippen LogP contribution in [0.15, 0.2) is 0 Å². The summed E-state index contributed by atoms with van der Waals surface area (Å²) >= 11 is 0. The van der Waals surface area contributed by atoms with Gasteiger partial charge in [-0.3, -0.25) is 15.0 Å². The average Bonchev–Trinajstić information content (AvgIpc) is 1.99. The first-order valence-corrected chi connectivity index (χ1v) is 4.67. The van der Waals surface area contributed by atoms with Crippen LogP contribution in [0.25, 0.3) is 0 Å². The summed E-state index contributed by atoms with van der Waals surface area (Å²) in [5, 5.41) is 13.9. The Morgan fingerprint density at radius 2 is 1.93 bits per heavy atom. The van der Waals surface area contributed by atoms with E-state index in [0.29, 0.717) is 6.54 Å². The zero-order valence-corrected chi connectivity index (χ0v) is 9.63. The van der Waals surface area contributed by atoms with Crippen molar-refractivity contribution in [1.29, 1.82) is 0 Å². The number of hydrogen-bond acceptors (Lipinski definition) is 4. The van der Waals surface area contributed by atoms with Gasteiger partial charge >= 0.3 is 6.03 Å². The van der Waals surface area contributed by atoms with Crippen molar-refractivity contribution in [2.45, 2.75) is 19.4 Å².